The molecular weight excluding hydrogens is 272 g/mol. The molecule has 2 aromatic heterocycles. The molecule has 0 bridgehead atoms. The van der Waals surface area contributed by atoms with Gasteiger partial charge in [0.2, 0.25) is 5.91 Å². The van der Waals surface area contributed by atoms with Crippen LogP contribution in [0.4, 0.5) is 0 Å². The molecule has 20 heavy (non-hydrogen) atoms. The number of amides is 1. The Morgan fingerprint density at radius 1 is 1.40 bits per heavy atom. The number of aromatic nitrogens is 3. The monoisotopic (exact) mass is 288 g/mol. The van der Waals surface area contributed by atoms with Crippen LogP contribution in [0, 0.1) is 0 Å². The lowest BCUT2D eigenvalue weighted by Gasteiger charge is -2.38. The first kappa shape index (κ1) is 12.1. The van der Waals surface area contributed by atoms with Crippen LogP contribution in [0.2, 0.25) is 0 Å². The Kier molecular flexibility index (Phi) is 2.84. The first-order chi connectivity index (χ1) is 9.79. The van der Waals surface area contributed by atoms with E-state index in [1.807, 2.05) is 27.1 Å². The molecule has 0 N–H and O–H groups in total. The number of thiophene rings is 1. The number of nitrogens with zero attached hydrogens (tertiary/aromatic N) is 4. The lowest BCUT2D eigenvalue weighted by molar-refractivity contribution is -0.136. The van der Waals surface area contributed by atoms with Gasteiger partial charge in [-0.2, -0.15) is 0 Å². The van der Waals surface area contributed by atoms with Gasteiger partial charge in [-0.05, 0) is 24.3 Å². The normalized spacial score (nSPS) is 19.1. The highest BCUT2D eigenvalue weighted by atomic mass is 32.1. The quantitative estimate of drug-likeness (QED) is 0.862. The predicted octanol–water partition coefficient (Wildman–Crippen LogP) is 1.84. The van der Waals surface area contributed by atoms with Crippen LogP contribution in [0.25, 0.3) is 0 Å². The molecule has 1 saturated carbocycles. The zero-order chi connectivity index (χ0) is 13.5. The Hall–Kier alpha value is -1.69. The van der Waals surface area contributed by atoms with Crippen molar-refractivity contribution < 1.29 is 4.79 Å². The Balaban J connectivity index is 1.33. The van der Waals surface area contributed by atoms with Gasteiger partial charge in [-0.3, -0.25) is 4.79 Å². The van der Waals surface area contributed by atoms with Crippen LogP contribution in [0.3, 0.4) is 0 Å². The maximum atomic E-state index is 12.1. The van der Waals surface area contributed by atoms with Gasteiger partial charge in [-0.1, -0.05) is 11.3 Å². The van der Waals surface area contributed by atoms with Gasteiger partial charge in [0, 0.05) is 30.1 Å². The standard InChI is InChI=1S/C14H16N4OS/c19-14(6-12-2-1-5-20-12)17-7-11(8-17)18-9-13(15-16-18)10-3-4-10/h1-2,5,9-11H,3-4,6-8H2. The molecule has 4 rings (SSSR count). The van der Waals surface area contributed by atoms with Crippen molar-refractivity contribution >= 4 is 17.2 Å². The van der Waals surface area contributed by atoms with E-state index in [9.17, 15) is 4.79 Å². The van der Waals surface area contributed by atoms with Crippen LogP contribution in [0.15, 0.2) is 23.7 Å². The van der Waals surface area contributed by atoms with Crippen molar-refractivity contribution in [1.82, 2.24) is 19.9 Å². The molecule has 2 aliphatic rings. The molecule has 0 aromatic carbocycles. The van der Waals surface area contributed by atoms with E-state index >= 15 is 0 Å². The van der Waals surface area contributed by atoms with Gasteiger partial charge in [0.25, 0.3) is 0 Å². The third kappa shape index (κ3) is 2.24. The van der Waals surface area contributed by atoms with Crippen molar-refractivity contribution in [2.75, 3.05) is 13.1 Å². The van der Waals surface area contributed by atoms with Gasteiger partial charge in [0.05, 0.1) is 18.2 Å². The minimum absolute atomic E-state index is 0.214. The summed E-state index contributed by atoms with van der Waals surface area (Å²) < 4.78 is 1.93. The molecule has 2 aromatic rings. The van der Waals surface area contributed by atoms with Gasteiger partial charge in [0.1, 0.15) is 0 Å². The van der Waals surface area contributed by atoms with Crippen molar-refractivity contribution in [2.45, 2.75) is 31.2 Å². The summed E-state index contributed by atoms with van der Waals surface area (Å²) in [5, 5.41) is 10.4. The Morgan fingerprint density at radius 2 is 2.25 bits per heavy atom. The van der Waals surface area contributed by atoms with Gasteiger partial charge < -0.3 is 4.90 Å². The van der Waals surface area contributed by atoms with Crippen LogP contribution in [0.5, 0.6) is 0 Å². The number of carbonyl (C=O) groups is 1. The number of carbonyl (C=O) groups excluding carboxylic acids is 1. The third-order valence-electron chi connectivity index (χ3n) is 4.02. The molecule has 5 nitrogen and oxygen atoms in total. The third-order valence-corrected chi connectivity index (χ3v) is 4.89. The van der Waals surface area contributed by atoms with Crippen LogP contribution in [-0.2, 0) is 11.2 Å². The highest BCUT2D eigenvalue weighted by molar-refractivity contribution is 7.10. The lowest BCUT2D eigenvalue weighted by Crippen LogP contribution is -2.51. The molecule has 6 heteroatoms. The molecule has 1 saturated heterocycles. The Labute approximate surface area is 121 Å². The van der Waals surface area contributed by atoms with Crippen molar-refractivity contribution in [3.05, 3.63) is 34.3 Å². The summed E-state index contributed by atoms with van der Waals surface area (Å²) in [6.45, 7) is 1.52. The van der Waals surface area contributed by atoms with E-state index in [0.717, 1.165) is 23.7 Å². The van der Waals surface area contributed by atoms with E-state index in [1.54, 1.807) is 11.3 Å². The van der Waals surface area contributed by atoms with Crippen molar-refractivity contribution in [3.63, 3.8) is 0 Å². The Bertz CT molecular complexity index is 611. The second-order valence-corrected chi connectivity index (χ2v) is 6.64. The minimum atomic E-state index is 0.214. The van der Waals surface area contributed by atoms with Crippen LogP contribution >= 0.6 is 11.3 Å². The number of hydrogen-bond acceptors (Lipinski definition) is 4. The maximum absolute atomic E-state index is 12.1. The molecule has 0 atom stereocenters. The second kappa shape index (κ2) is 4.70. The minimum Gasteiger partial charge on any atom is -0.338 e. The van der Waals surface area contributed by atoms with Gasteiger partial charge in [0.15, 0.2) is 0 Å². The molecule has 0 radical (unpaired) electrons. The van der Waals surface area contributed by atoms with Gasteiger partial charge in [-0.15, -0.1) is 16.4 Å². The van der Waals surface area contributed by atoms with Crippen molar-refractivity contribution in [3.8, 4) is 0 Å². The van der Waals surface area contributed by atoms with E-state index in [1.165, 1.54) is 12.8 Å². The second-order valence-electron chi connectivity index (χ2n) is 5.61. The molecule has 1 aliphatic heterocycles. The lowest BCUT2D eigenvalue weighted by atomic mass is 10.1. The zero-order valence-electron chi connectivity index (χ0n) is 11.1. The first-order valence-electron chi connectivity index (χ1n) is 7.01. The summed E-state index contributed by atoms with van der Waals surface area (Å²) in [6.07, 6.45) is 5.07. The summed E-state index contributed by atoms with van der Waals surface area (Å²) in [6, 6.07) is 4.31. The fraction of sp³-hybridized carbons (Fsp3) is 0.500. The number of likely N-dealkylation sites (tertiary alicyclic amines) is 1. The average molecular weight is 288 g/mol. The highest BCUT2D eigenvalue weighted by Gasteiger charge is 2.34. The van der Waals surface area contributed by atoms with Crippen molar-refractivity contribution in [2.24, 2.45) is 0 Å². The maximum Gasteiger partial charge on any atom is 0.227 e. The molecule has 3 heterocycles. The summed E-state index contributed by atoms with van der Waals surface area (Å²) in [5.41, 5.74) is 1.12. The fourth-order valence-electron chi connectivity index (χ4n) is 2.54. The smallest absolute Gasteiger partial charge is 0.227 e. The molecule has 2 fully saturated rings. The van der Waals surface area contributed by atoms with Crippen molar-refractivity contribution in [1.29, 1.82) is 0 Å². The highest BCUT2D eigenvalue weighted by Crippen LogP contribution is 2.39. The summed E-state index contributed by atoms with van der Waals surface area (Å²) in [5.74, 6) is 0.853. The molecular formula is C14H16N4OS. The van der Waals surface area contributed by atoms with Crippen LogP contribution in [0.1, 0.15) is 35.4 Å². The van der Waals surface area contributed by atoms with Crippen LogP contribution < -0.4 is 0 Å². The SMILES string of the molecule is O=C(Cc1cccs1)N1CC(n2cc(C3CC3)nn2)C1. The predicted molar refractivity (Wildman–Crippen MR) is 75.6 cm³/mol. The number of rotatable bonds is 4. The summed E-state index contributed by atoms with van der Waals surface area (Å²) in [4.78, 5) is 15.1. The number of hydrogen-bond donors (Lipinski definition) is 0. The average Bonchev–Trinajstić information content (AvgIpc) is 2.90. The molecule has 0 spiro atoms. The van der Waals surface area contributed by atoms with E-state index in [4.69, 9.17) is 0 Å². The van der Waals surface area contributed by atoms with E-state index in [0.29, 0.717) is 18.4 Å². The topological polar surface area (TPSA) is 51.0 Å². The summed E-state index contributed by atoms with van der Waals surface area (Å²) in [7, 11) is 0. The molecule has 104 valence electrons. The van der Waals surface area contributed by atoms with Gasteiger partial charge >= 0.3 is 0 Å². The fourth-order valence-corrected chi connectivity index (χ4v) is 3.23. The van der Waals surface area contributed by atoms with E-state index < -0.39 is 0 Å². The van der Waals surface area contributed by atoms with E-state index in [2.05, 4.69) is 16.5 Å². The largest absolute Gasteiger partial charge is 0.338 e. The molecule has 0 unspecified atom stereocenters. The summed E-state index contributed by atoms with van der Waals surface area (Å²) >= 11 is 1.64. The Morgan fingerprint density at radius 3 is 2.95 bits per heavy atom. The molecule has 1 aliphatic carbocycles. The first-order valence-corrected chi connectivity index (χ1v) is 7.89. The molecule has 1 amide bonds. The van der Waals surface area contributed by atoms with E-state index in [-0.39, 0.29) is 5.91 Å². The zero-order valence-corrected chi connectivity index (χ0v) is 11.9. The van der Waals surface area contributed by atoms with Gasteiger partial charge in [-0.25, -0.2) is 4.68 Å². The van der Waals surface area contributed by atoms with Crippen LogP contribution in [-0.4, -0.2) is 38.9 Å².